The van der Waals surface area contributed by atoms with E-state index in [-0.39, 0.29) is 5.91 Å². The number of hydrogen-bond acceptors (Lipinski definition) is 3. The molecule has 1 amide bonds. The van der Waals surface area contributed by atoms with Crippen LogP contribution in [0.3, 0.4) is 0 Å². The number of anilines is 1. The summed E-state index contributed by atoms with van der Waals surface area (Å²) >= 11 is 5.96. The predicted octanol–water partition coefficient (Wildman–Crippen LogP) is 3.10. The van der Waals surface area contributed by atoms with Gasteiger partial charge in [0.25, 0.3) is 5.91 Å². The van der Waals surface area contributed by atoms with Crippen molar-refractivity contribution in [1.29, 1.82) is 0 Å². The van der Waals surface area contributed by atoms with Crippen LogP contribution in [0.5, 0.6) is 0 Å². The van der Waals surface area contributed by atoms with Gasteiger partial charge in [0.2, 0.25) is 0 Å². The first-order valence-corrected chi connectivity index (χ1v) is 6.79. The highest BCUT2D eigenvalue weighted by Gasteiger charge is 2.11. The first kappa shape index (κ1) is 14.3. The van der Waals surface area contributed by atoms with Crippen LogP contribution in [0.4, 0.5) is 5.69 Å². The second kappa shape index (κ2) is 6.91. The van der Waals surface area contributed by atoms with Gasteiger partial charge < -0.3 is 10.6 Å². The largest absolute Gasteiger partial charge is 0.385 e. The Bertz CT molecular complexity index is 587. The average molecular weight is 290 g/mol. The van der Waals surface area contributed by atoms with Gasteiger partial charge in [0.15, 0.2) is 0 Å². The molecule has 104 valence electrons. The molecule has 0 radical (unpaired) electrons. The molecule has 1 aromatic carbocycles. The van der Waals surface area contributed by atoms with E-state index in [0.717, 1.165) is 17.8 Å². The van der Waals surface area contributed by atoms with Gasteiger partial charge in [-0.25, -0.2) is 0 Å². The normalized spacial score (nSPS) is 10.1. The summed E-state index contributed by atoms with van der Waals surface area (Å²) in [7, 11) is 0. The Morgan fingerprint density at radius 2 is 2.20 bits per heavy atom. The van der Waals surface area contributed by atoms with Crippen LogP contribution in [-0.4, -0.2) is 17.4 Å². The van der Waals surface area contributed by atoms with E-state index in [4.69, 9.17) is 11.6 Å². The van der Waals surface area contributed by atoms with E-state index in [1.165, 1.54) is 0 Å². The van der Waals surface area contributed by atoms with Crippen molar-refractivity contribution in [2.75, 3.05) is 11.9 Å². The van der Waals surface area contributed by atoms with Crippen LogP contribution in [-0.2, 0) is 6.54 Å². The highest BCUT2D eigenvalue weighted by molar-refractivity contribution is 6.31. The molecule has 2 aromatic rings. The number of carbonyl (C=O) groups excluding carboxylic acids is 1. The van der Waals surface area contributed by atoms with Crippen LogP contribution in [0.1, 0.15) is 22.8 Å². The maximum Gasteiger partial charge on any atom is 0.253 e. The second-order valence-corrected chi connectivity index (χ2v) is 4.70. The fourth-order valence-electron chi connectivity index (χ4n) is 1.83. The number of hydrogen-bond donors (Lipinski definition) is 2. The van der Waals surface area contributed by atoms with E-state index in [1.54, 1.807) is 24.5 Å². The number of carbonyl (C=O) groups is 1. The zero-order chi connectivity index (χ0) is 14.4. The van der Waals surface area contributed by atoms with Crippen molar-refractivity contribution in [3.63, 3.8) is 0 Å². The third kappa shape index (κ3) is 3.71. The summed E-state index contributed by atoms with van der Waals surface area (Å²) in [6.45, 7) is 3.15. The molecule has 4 nitrogen and oxygen atoms in total. The predicted molar refractivity (Wildman–Crippen MR) is 81.0 cm³/mol. The summed E-state index contributed by atoms with van der Waals surface area (Å²) in [4.78, 5) is 16.2. The lowest BCUT2D eigenvalue weighted by Crippen LogP contribution is -2.24. The molecule has 2 rings (SSSR count). The van der Waals surface area contributed by atoms with Crippen LogP contribution in [0.2, 0.25) is 5.02 Å². The van der Waals surface area contributed by atoms with Gasteiger partial charge >= 0.3 is 0 Å². The molecule has 0 aliphatic rings. The number of aromatic nitrogens is 1. The summed E-state index contributed by atoms with van der Waals surface area (Å²) in [5, 5.41) is 6.55. The summed E-state index contributed by atoms with van der Waals surface area (Å²) in [6.07, 6.45) is 3.43. The van der Waals surface area contributed by atoms with Crippen LogP contribution < -0.4 is 10.6 Å². The van der Waals surface area contributed by atoms with Gasteiger partial charge in [0.1, 0.15) is 0 Å². The quantitative estimate of drug-likeness (QED) is 0.889. The Kier molecular flexibility index (Phi) is 4.96. The zero-order valence-corrected chi connectivity index (χ0v) is 11.9. The first-order chi connectivity index (χ1) is 9.70. The standard InChI is InChI=1S/C15H16ClN3O/c1-2-18-14-6-5-12(16)8-13(14)15(20)19-10-11-4-3-7-17-9-11/h3-9,18H,2,10H2,1H3,(H,19,20). The maximum atomic E-state index is 12.2. The van der Waals surface area contributed by atoms with Crippen molar-refractivity contribution in [1.82, 2.24) is 10.3 Å². The van der Waals surface area contributed by atoms with Gasteiger partial charge in [-0.2, -0.15) is 0 Å². The topological polar surface area (TPSA) is 54.0 Å². The van der Waals surface area contributed by atoms with E-state index in [1.807, 2.05) is 25.1 Å². The van der Waals surface area contributed by atoms with Gasteiger partial charge in [-0.1, -0.05) is 17.7 Å². The lowest BCUT2D eigenvalue weighted by atomic mass is 10.1. The monoisotopic (exact) mass is 289 g/mol. The van der Waals surface area contributed by atoms with Gasteiger partial charge in [0, 0.05) is 36.2 Å². The van der Waals surface area contributed by atoms with Crippen molar-refractivity contribution < 1.29 is 4.79 Å². The van der Waals surface area contributed by atoms with E-state index in [9.17, 15) is 4.79 Å². The molecule has 1 aromatic heterocycles. The van der Waals surface area contributed by atoms with E-state index >= 15 is 0 Å². The lowest BCUT2D eigenvalue weighted by Gasteiger charge is -2.11. The Hall–Kier alpha value is -2.07. The third-order valence-electron chi connectivity index (χ3n) is 2.77. The fraction of sp³-hybridized carbons (Fsp3) is 0.200. The molecule has 0 bridgehead atoms. The van der Waals surface area contributed by atoms with Gasteiger partial charge in [0.05, 0.1) is 5.56 Å². The second-order valence-electron chi connectivity index (χ2n) is 4.26. The summed E-state index contributed by atoms with van der Waals surface area (Å²) in [6, 6.07) is 8.99. The molecule has 20 heavy (non-hydrogen) atoms. The van der Waals surface area contributed by atoms with Gasteiger partial charge in [-0.3, -0.25) is 9.78 Å². The summed E-state index contributed by atoms with van der Waals surface area (Å²) in [5.41, 5.74) is 2.27. The molecule has 0 atom stereocenters. The van der Waals surface area contributed by atoms with Crippen LogP contribution in [0.15, 0.2) is 42.7 Å². The van der Waals surface area contributed by atoms with Crippen LogP contribution in [0, 0.1) is 0 Å². The van der Waals surface area contributed by atoms with Crippen molar-refractivity contribution in [3.8, 4) is 0 Å². The fourth-order valence-corrected chi connectivity index (χ4v) is 2.00. The Morgan fingerprint density at radius 3 is 2.90 bits per heavy atom. The molecule has 0 aliphatic heterocycles. The SMILES string of the molecule is CCNc1ccc(Cl)cc1C(=O)NCc1cccnc1. The first-order valence-electron chi connectivity index (χ1n) is 6.41. The van der Waals surface area contributed by atoms with E-state index < -0.39 is 0 Å². The van der Waals surface area contributed by atoms with Crippen molar-refractivity contribution in [2.45, 2.75) is 13.5 Å². The lowest BCUT2D eigenvalue weighted by molar-refractivity contribution is 0.0951. The van der Waals surface area contributed by atoms with E-state index in [0.29, 0.717) is 17.1 Å². The number of rotatable bonds is 5. The molecular weight excluding hydrogens is 274 g/mol. The zero-order valence-electron chi connectivity index (χ0n) is 11.2. The third-order valence-corrected chi connectivity index (χ3v) is 3.00. The number of amides is 1. The van der Waals surface area contributed by atoms with Crippen molar-refractivity contribution in [3.05, 3.63) is 58.9 Å². The Balaban J connectivity index is 2.10. The smallest absolute Gasteiger partial charge is 0.253 e. The molecule has 0 fully saturated rings. The van der Waals surface area contributed by atoms with Gasteiger partial charge in [-0.15, -0.1) is 0 Å². The van der Waals surface area contributed by atoms with E-state index in [2.05, 4.69) is 15.6 Å². The Morgan fingerprint density at radius 1 is 1.35 bits per heavy atom. The Labute approximate surface area is 123 Å². The van der Waals surface area contributed by atoms with Crippen LogP contribution >= 0.6 is 11.6 Å². The average Bonchev–Trinajstić information content (AvgIpc) is 2.48. The number of benzene rings is 1. The molecule has 2 N–H and O–H groups in total. The highest BCUT2D eigenvalue weighted by atomic mass is 35.5. The van der Waals surface area contributed by atoms with Crippen molar-refractivity contribution in [2.24, 2.45) is 0 Å². The van der Waals surface area contributed by atoms with Crippen molar-refractivity contribution >= 4 is 23.2 Å². The molecule has 5 heteroatoms. The minimum Gasteiger partial charge on any atom is -0.385 e. The minimum atomic E-state index is -0.160. The molecule has 0 saturated heterocycles. The molecular formula is C15H16ClN3O. The maximum absolute atomic E-state index is 12.2. The number of nitrogens with one attached hydrogen (secondary N) is 2. The molecule has 0 aliphatic carbocycles. The molecule has 0 spiro atoms. The summed E-state index contributed by atoms with van der Waals surface area (Å²) in [5.74, 6) is -0.160. The molecule has 1 heterocycles. The number of pyridine rings is 1. The highest BCUT2D eigenvalue weighted by Crippen LogP contribution is 2.20. The molecule has 0 unspecified atom stereocenters. The number of halogens is 1. The van der Waals surface area contributed by atoms with Gasteiger partial charge in [-0.05, 0) is 36.8 Å². The minimum absolute atomic E-state index is 0.160. The molecule has 0 saturated carbocycles. The number of nitrogens with zero attached hydrogens (tertiary/aromatic N) is 1. The summed E-state index contributed by atoms with van der Waals surface area (Å²) < 4.78 is 0. The van der Waals surface area contributed by atoms with Crippen LogP contribution in [0.25, 0.3) is 0 Å².